The van der Waals surface area contributed by atoms with Crippen molar-refractivity contribution in [3.8, 4) is 12.8 Å². The summed E-state index contributed by atoms with van der Waals surface area (Å²) in [6.45, 7) is 22.7. The summed E-state index contributed by atoms with van der Waals surface area (Å²) < 4.78 is 0. The van der Waals surface area contributed by atoms with Gasteiger partial charge in [-0.1, -0.05) is 107 Å². The lowest BCUT2D eigenvalue weighted by atomic mass is 10.0. The van der Waals surface area contributed by atoms with Gasteiger partial charge >= 0.3 is 0 Å². The molecule has 0 spiro atoms. The highest BCUT2D eigenvalue weighted by Gasteiger charge is 1.93. The Morgan fingerprint density at radius 2 is 1.33 bits per heavy atom. The highest BCUT2D eigenvalue weighted by molar-refractivity contribution is 5.63. The van der Waals surface area contributed by atoms with E-state index in [4.69, 9.17) is 0 Å². The lowest BCUT2D eigenvalue weighted by molar-refractivity contribution is 0.584. The average molecular weight is 367 g/mol. The summed E-state index contributed by atoms with van der Waals surface area (Å²) in [7, 11) is 0. The molecule has 0 N–H and O–H groups in total. The van der Waals surface area contributed by atoms with Crippen LogP contribution in [0.4, 0.5) is 0 Å². The van der Waals surface area contributed by atoms with Crippen molar-refractivity contribution in [2.45, 2.75) is 67.7 Å². The first-order valence-electron chi connectivity index (χ1n) is 9.80. The SMILES string of the molecule is C#C.C=Cc1ccccc1C=C.CC(C)=C/C=C(\C)CCC(C)C.CCC. The first kappa shape index (κ1) is 29.5. The van der Waals surface area contributed by atoms with Crippen LogP contribution in [0.2, 0.25) is 0 Å². The Morgan fingerprint density at radius 3 is 1.63 bits per heavy atom. The number of benzene rings is 1. The van der Waals surface area contributed by atoms with E-state index in [0.29, 0.717) is 0 Å². The molecule has 0 nitrogen and oxygen atoms in total. The average Bonchev–Trinajstić information content (AvgIpc) is 2.67. The van der Waals surface area contributed by atoms with E-state index in [1.807, 2.05) is 36.4 Å². The summed E-state index contributed by atoms with van der Waals surface area (Å²) in [5, 5.41) is 0. The largest absolute Gasteiger partial charge is 0.124 e. The molecule has 0 saturated carbocycles. The van der Waals surface area contributed by atoms with Crippen LogP contribution in [-0.4, -0.2) is 0 Å². The predicted molar refractivity (Wildman–Crippen MR) is 130 cm³/mol. The Morgan fingerprint density at radius 1 is 0.926 bits per heavy atom. The first-order valence-corrected chi connectivity index (χ1v) is 9.80. The van der Waals surface area contributed by atoms with E-state index < -0.39 is 0 Å². The number of hydrogen-bond acceptors (Lipinski definition) is 0. The molecule has 0 bridgehead atoms. The highest BCUT2D eigenvalue weighted by Crippen LogP contribution is 2.11. The van der Waals surface area contributed by atoms with Crippen LogP contribution in [0, 0.1) is 18.8 Å². The van der Waals surface area contributed by atoms with Gasteiger partial charge in [0.15, 0.2) is 0 Å². The molecule has 0 aliphatic carbocycles. The Kier molecular flexibility index (Phi) is 23.8. The molecule has 0 aromatic heterocycles. The third-order valence-corrected chi connectivity index (χ3v) is 3.25. The van der Waals surface area contributed by atoms with Crippen LogP contribution in [0.25, 0.3) is 12.2 Å². The van der Waals surface area contributed by atoms with Crippen LogP contribution >= 0.6 is 0 Å². The molecule has 1 rings (SSSR count). The van der Waals surface area contributed by atoms with Crippen LogP contribution in [0.5, 0.6) is 0 Å². The Bertz CT molecular complexity index is 534. The molecule has 0 saturated heterocycles. The molecule has 150 valence electrons. The molecule has 1 aromatic rings. The zero-order valence-electron chi connectivity index (χ0n) is 18.9. The Balaban J connectivity index is -0.000000347. The van der Waals surface area contributed by atoms with Crippen molar-refractivity contribution in [1.82, 2.24) is 0 Å². The van der Waals surface area contributed by atoms with Gasteiger partial charge in [0.2, 0.25) is 0 Å². The van der Waals surface area contributed by atoms with E-state index in [0.717, 1.165) is 17.0 Å². The molecule has 0 aliphatic heterocycles. The van der Waals surface area contributed by atoms with Crippen molar-refractivity contribution in [2.24, 2.45) is 5.92 Å². The fourth-order valence-corrected chi connectivity index (χ4v) is 1.79. The fraction of sp³-hybridized carbons (Fsp3) is 0.407. The number of allylic oxidation sites excluding steroid dienone is 4. The molecule has 0 atom stereocenters. The maximum atomic E-state index is 4.00. The number of terminal acetylenes is 1. The van der Waals surface area contributed by atoms with Gasteiger partial charge in [0, 0.05) is 0 Å². The second-order valence-electron chi connectivity index (χ2n) is 6.93. The van der Waals surface area contributed by atoms with E-state index in [1.165, 1.54) is 30.4 Å². The minimum Gasteiger partial charge on any atom is -0.124 e. The summed E-state index contributed by atoms with van der Waals surface area (Å²) in [5.74, 6) is 0.819. The van der Waals surface area contributed by atoms with Gasteiger partial charge in [-0.2, -0.15) is 0 Å². The second kappa shape index (κ2) is 21.8. The van der Waals surface area contributed by atoms with Gasteiger partial charge < -0.3 is 0 Å². The topological polar surface area (TPSA) is 0 Å². The molecule has 0 unspecified atom stereocenters. The van der Waals surface area contributed by atoms with E-state index in [-0.39, 0.29) is 0 Å². The molecular formula is C27H42. The van der Waals surface area contributed by atoms with Gasteiger partial charge in [-0.3, -0.25) is 0 Å². The minimum absolute atomic E-state index is 0.819. The minimum atomic E-state index is 0.819. The van der Waals surface area contributed by atoms with Crippen LogP contribution in [0.15, 0.2) is 60.7 Å². The van der Waals surface area contributed by atoms with Crippen molar-refractivity contribution in [3.05, 3.63) is 71.8 Å². The van der Waals surface area contributed by atoms with Crippen molar-refractivity contribution in [1.29, 1.82) is 0 Å². The standard InChI is InChI=1S/C12H22.C10H10.C3H8.C2H2/c1-10(2)6-8-12(5)9-7-11(3)4;1-3-9-7-5-6-8-10(9)4-2;1-3-2;1-2/h6,8,11H,7,9H2,1-5H3;3-8H,1-2H2;3H2,1-2H3;1-2H/b12-8+;;;. The van der Waals surface area contributed by atoms with Gasteiger partial charge in [0.25, 0.3) is 0 Å². The Labute approximate surface area is 170 Å². The molecular weight excluding hydrogens is 324 g/mol. The quantitative estimate of drug-likeness (QED) is 0.348. The maximum absolute atomic E-state index is 4.00. The van der Waals surface area contributed by atoms with Gasteiger partial charge in [-0.15, -0.1) is 12.8 Å². The summed E-state index contributed by atoms with van der Waals surface area (Å²) in [6.07, 6.45) is 19.9. The highest BCUT2D eigenvalue weighted by atomic mass is 14.0. The molecule has 0 amide bonds. The molecule has 1 aromatic carbocycles. The molecule has 0 fully saturated rings. The van der Waals surface area contributed by atoms with Crippen LogP contribution in [0.3, 0.4) is 0 Å². The second-order valence-corrected chi connectivity index (χ2v) is 6.93. The fourth-order valence-electron chi connectivity index (χ4n) is 1.79. The van der Waals surface area contributed by atoms with Gasteiger partial charge in [-0.05, 0) is 50.7 Å². The van der Waals surface area contributed by atoms with Crippen LogP contribution in [0.1, 0.15) is 78.9 Å². The van der Waals surface area contributed by atoms with E-state index in [9.17, 15) is 0 Å². The van der Waals surface area contributed by atoms with Gasteiger partial charge in [0.1, 0.15) is 0 Å². The normalized spacial score (nSPS) is 9.33. The monoisotopic (exact) mass is 366 g/mol. The lowest BCUT2D eigenvalue weighted by Gasteiger charge is -2.03. The number of rotatable bonds is 6. The van der Waals surface area contributed by atoms with E-state index >= 15 is 0 Å². The summed E-state index contributed by atoms with van der Waals surface area (Å²) in [6, 6.07) is 8.02. The maximum Gasteiger partial charge on any atom is -0.0190 e. The number of hydrogen-bond donors (Lipinski definition) is 0. The molecule has 0 heterocycles. The van der Waals surface area contributed by atoms with Crippen molar-refractivity contribution >= 4 is 12.2 Å². The molecule has 0 aliphatic rings. The van der Waals surface area contributed by atoms with Crippen molar-refractivity contribution < 1.29 is 0 Å². The van der Waals surface area contributed by atoms with Crippen LogP contribution in [-0.2, 0) is 0 Å². The van der Waals surface area contributed by atoms with Gasteiger partial charge in [-0.25, -0.2) is 0 Å². The zero-order chi connectivity index (χ0) is 21.7. The molecule has 0 heteroatoms. The predicted octanol–water partition coefficient (Wildman–Crippen LogP) is 8.97. The van der Waals surface area contributed by atoms with Gasteiger partial charge in [0.05, 0.1) is 0 Å². The van der Waals surface area contributed by atoms with Crippen molar-refractivity contribution in [3.63, 3.8) is 0 Å². The lowest BCUT2D eigenvalue weighted by Crippen LogP contribution is -1.87. The van der Waals surface area contributed by atoms with E-state index in [2.05, 4.69) is 86.6 Å². The van der Waals surface area contributed by atoms with Crippen molar-refractivity contribution in [2.75, 3.05) is 0 Å². The first-order chi connectivity index (χ1) is 12.8. The molecule has 0 radical (unpaired) electrons. The summed E-state index contributed by atoms with van der Waals surface area (Å²) in [5.41, 5.74) is 5.14. The zero-order valence-corrected chi connectivity index (χ0v) is 18.9. The Hall–Kier alpha value is -2.26. The smallest absolute Gasteiger partial charge is 0.0190 e. The van der Waals surface area contributed by atoms with Crippen LogP contribution < -0.4 is 0 Å². The third-order valence-electron chi connectivity index (χ3n) is 3.25. The third kappa shape index (κ3) is 21.7. The van der Waals surface area contributed by atoms with E-state index in [1.54, 1.807) is 0 Å². The molecule has 27 heavy (non-hydrogen) atoms. The summed E-state index contributed by atoms with van der Waals surface area (Å²) >= 11 is 0. The summed E-state index contributed by atoms with van der Waals surface area (Å²) in [4.78, 5) is 0.